The first-order valence-electron chi connectivity index (χ1n) is 6.36. The molecule has 0 aliphatic carbocycles. The van der Waals surface area contributed by atoms with Crippen molar-refractivity contribution in [1.29, 1.82) is 0 Å². The highest BCUT2D eigenvalue weighted by Crippen LogP contribution is 2.18. The smallest absolute Gasteiger partial charge is 0.252 e. The van der Waals surface area contributed by atoms with Gasteiger partial charge in [0.15, 0.2) is 0 Å². The summed E-state index contributed by atoms with van der Waals surface area (Å²) < 4.78 is 0. The number of amides is 1. The second-order valence-corrected chi connectivity index (χ2v) is 6.42. The number of thiophene rings is 1. The van der Waals surface area contributed by atoms with Crippen LogP contribution in [0.3, 0.4) is 0 Å². The summed E-state index contributed by atoms with van der Waals surface area (Å²) in [6, 6.07) is 2.12. The van der Waals surface area contributed by atoms with E-state index in [-0.39, 0.29) is 12.5 Å². The van der Waals surface area contributed by atoms with Gasteiger partial charge in [0.1, 0.15) is 0 Å². The van der Waals surface area contributed by atoms with Crippen LogP contribution in [0.1, 0.15) is 34.5 Å². The topological polar surface area (TPSA) is 49.3 Å². The largest absolute Gasteiger partial charge is 0.395 e. The van der Waals surface area contributed by atoms with Crippen molar-refractivity contribution in [3.05, 3.63) is 21.9 Å². The minimum atomic E-state index is -0.000965. The first-order valence-corrected chi connectivity index (χ1v) is 8.40. The van der Waals surface area contributed by atoms with Gasteiger partial charge in [0.05, 0.1) is 17.0 Å². The fourth-order valence-corrected chi connectivity index (χ4v) is 3.68. The number of hydrogen-bond acceptors (Lipinski definition) is 4. The van der Waals surface area contributed by atoms with Gasteiger partial charge in [0, 0.05) is 23.6 Å². The minimum Gasteiger partial charge on any atom is -0.395 e. The summed E-state index contributed by atoms with van der Waals surface area (Å²) in [6.45, 7) is 0.0745. The van der Waals surface area contributed by atoms with Gasteiger partial charge in [-0.15, -0.1) is 11.3 Å². The van der Waals surface area contributed by atoms with Crippen molar-refractivity contribution in [3.8, 4) is 11.8 Å². The van der Waals surface area contributed by atoms with Gasteiger partial charge in [0.25, 0.3) is 5.91 Å². The highest BCUT2D eigenvalue weighted by Gasteiger charge is 2.17. The number of aliphatic hydroxyl groups is 1. The van der Waals surface area contributed by atoms with E-state index in [1.807, 2.05) is 23.2 Å². The molecule has 1 amide bonds. The summed E-state index contributed by atoms with van der Waals surface area (Å²) in [5, 5.41) is 13.6. The van der Waals surface area contributed by atoms with Gasteiger partial charge in [-0.2, -0.15) is 11.8 Å². The van der Waals surface area contributed by atoms with E-state index in [0.717, 1.165) is 17.1 Å². The van der Waals surface area contributed by atoms with Crippen LogP contribution in [0.15, 0.2) is 11.4 Å². The Bertz CT molecular complexity index is 481. The molecule has 0 aromatic carbocycles. The van der Waals surface area contributed by atoms with Gasteiger partial charge in [0.2, 0.25) is 0 Å². The second kappa shape index (κ2) is 7.59. The number of hydrogen-bond donors (Lipinski definition) is 2. The molecule has 1 unspecified atom stereocenters. The van der Waals surface area contributed by atoms with Gasteiger partial charge in [-0.05, 0) is 24.7 Å². The number of carbonyl (C=O) groups excluding carboxylic acids is 1. The van der Waals surface area contributed by atoms with E-state index in [9.17, 15) is 4.79 Å². The van der Waals surface area contributed by atoms with Crippen molar-refractivity contribution in [2.75, 3.05) is 18.1 Å². The lowest BCUT2D eigenvalue weighted by molar-refractivity contribution is 0.0939. The maximum Gasteiger partial charge on any atom is 0.252 e. The lowest BCUT2D eigenvalue weighted by atomic mass is 10.1. The summed E-state index contributed by atoms with van der Waals surface area (Å²) in [7, 11) is 0. The molecule has 1 aliphatic heterocycles. The van der Waals surface area contributed by atoms with E-state index >= 15 is 0 Å². The van der Waals surface area contributed by atoms with Gasteiger partial charge >= 0.3 is 0 Å². The van der Waals surface area contributed by atoms with Crippen LogP contribution in [0.4, 0.5) is 0 Å². The molecular formula is C14H17NO2S2. The van der Waals surface area contributed by atoms with Crippen molar-refractivity contribution in [2.45, 2.75) is 25.3 Å². The summed E-state index contributed by atoms with van der Waals surface area (Å²) in [5.74, 6) is 8.03. The van der Waals surface area contributed by atoms with E-state index in [2.05, 4.69) is 17.2 Å². The van der Waals surface area contributed by atoms with Crippen molar-refractivity contribution in [3.63, 3.8) is 0 Å². The molecule has 2 rings (SSSR count). The zero-order valence-electron chi connectivity index (χ0n) is 10.6. The van der Waals surface area contributed by atoms with Gasteiger partial charge in [-0.25, -0.2) is 0 Å². The van der Waals surface area contributed by atoms with Gasteiger partial charge < -0.3 is 10.4 Å². The molecule has 3 nitrogen and oxygen atoms in total. The summed E-state index contributed by atoms with van der Waals surface area (Å²) >= 11 is 3.37. The fraction of sp³-hybridized carbons (Fsp3) is 0.500. The van der Waals surface area contributed by atoms with E-state index in [1.165, 1.54) is 23.5 Å². The molecule has 1 fully saturated rings. The Hall–Kier alpha value is -0.960. The Kier molecular flexibility index (Phi) is 5.77. The Morgan fingerprint density at radius 2 is 2.47 bits per heavy atom. The van der Waals surface area contributed by atoms with Gasteiger partial charge in [-0.3, -0.25) is 4.79 Å². The molecule has 19 heavy (non-hydrogen) atoms. The molecule has 0 spiro atoms. The maximum absolute atomic E-state index is 12.1. The van der Waals surface area contributed by atoms with E-state index in [4.69, 9.17) is 5.11 Å². The molecule has 0 radical (unpaired) electrons. The number of thioether (sulfide) groups is 1. The van der Waals surface area contributed by atoms with Crippen molar-refractivity contribution >= 4 is 29.0 Å². The number of nitrogens with one attached hydrogen (secondary N) is 1. The second-order valence-electron chi connectivity index (χ2n) is 4.36. The third-order valence-electron chi connectivity index (χ3n) is 2.81. The SMILES string of the molecule is O=C(NC1CCCSC1)c1csc(C#CCCO)c1. The molecule has 2 N–H and O–H groups in total. The van der Waals surface area contributed by atoms with E-state index in [0.29, 0.717) is 18.0 Å². The van der Waals surface area contributed by atoms with Crippen molar-refractivity contribution in [1.82, 2.24) is 5.32 Å². The average molecular weight is 295 g/mol. The van der Waals surface area contributed by atoms with Crippen LogP contribution < -0.4 is 5.32 Å². The lowest BCUT2D eigenvalue weighted by Gasteiger charge is -2.22. The zero-order valence-corrected chi connectivity index (χ0v) is 12.3. The van der Waals surface area contributed by atoms with Crippen LogP contribution in [0.25, 0.3) is 0 Å². The summed E-state index contributed by atoms with van der Waals surface area (Å²) in [4.78, 5) is 12.9. The van der Waals surface area contributed by atoms with E-state index in [1.54, 1.807) is 0 Å². The van der Waals surface area contributed by atoms with Crippen LogP contribution in [-0.2, 0) is 0 Å². The lowest BCUT2D eigenvalue weighted by Crippen LogP contribution is -2.38. The molecule has 1 aromatic heterocycles. The Labute approximate surface area is 121 Å². The minimum absolute atomic E-state index is 0.000965. The quantitative estimate of drug-likeness (QED) is 0.840. The monoisotopic (exact) mass is 295 g/mol. The summed E-state index contributed by atoms with van der Waals surface area (Å²) in [5.41, 5.74) is 0.689. The molecular weight excluding hydrogens is 278 g/mol. The molecule has 2 heterocycles. The molecule has 5 heteroatoms. The number of carbonyl (C=O) groups is 1. The third kappa shape index (κ3) is 4.57. The predicted molar refractivity (Wildman–Crippen MR) is 80.7 cm³/mol. The molecule has 1 aliphatic rings. The summed E-state index contributed by atoms with van der Waals surface area (Å²) in [6.07, 6.45) is 2.72. The normalized spacial score (nSPS) is 18.5. The third-order valence-corrected chi connectivity index (χ3v) is 4.87. The van der Waals surface area contributed by atoms with Crippen LogP contribution in [0.2, 0.25) is 0 Å². The van der Waals surface area contributed by atoms with Gasteiger partial charge in [-0.1, -0.05) is 11.8 Å². The fourth-order valence-electron chi connectivity index (χ4n) is 1.85. The molecule has 102 valence electrons. The standard InChI is InChI=1S/C14H17NO2S2/c16-6-2-1-5-13-8-11(9-19-13)14(17)15-12-4-3-7-18-10-12/h8-9,12,16H,2-4,6-7,10H2,(H,15,17). The molecule has 1 atom stereocenters. The van der Waals surface area contributed by atoms with Crippen LogP contribution in [0, 0.1) is 11.8 Å². The average Bonchev–Trinajstić information content (AvgIpc) is 2.89. The molecule has 1 saturated heterocycles. The number of aliphatic hydroxyl groups excluding tert-OH is 1. The van der Waals surface area contributed by atoms with Crippen molar-refractivity contribution in [2.24, 2.45) is 0 Å². The highest BCUT2D eigenvalue weighted by atomic mass is 32.2. The van der Waals surface area contributed by atoms with Crippen LogP contribution in [0.5, 0.6) is 0 Å². The molecule has 0 bridgehead atoms. The van der Waals surface area contributed by atoms with Crippen LogP contribution >= 0.6 is 23.1 Å². The first kappa shape index (κ1) is 14.4. The maximum atomic E-state index is 12.1. The van der Waals surface area contributed by atoms with Crippen molar-refractivity contribution < 1.29 is 9.90 Å². The zero-order chi connectivity index (χ0) is 13.5. The van der Waals surface area contributed by atoms with E-state index < -0.39 is 0 Å². The first-order chi connectivity index (χ1) is 9.29. The molecule has 1 aromatic rings. The van der Waals surface area contributed by atoms with Crippen LogP contribution in [-0.4, -0.2) is 35.2 Å². The Morgan fingerprint density at radius 1 is 1.58 bits per heavy atom. The highest BCUT2D eigenvalue weighted by molar-refractivity contribution is 7.99. The Morgan fingerprint density at radius 3 is 3.21 bits per heavy atom. The predicted octanol–water partition coefficient (Wildman–Crippen LogP) is 2.11. The molecule has 0 saturated carbocycles. The Balaban J connectivity index is 1.90. The number of rotatable bonds is 3.